The van der Waals surface area contributed by atoms with Crippen LogP contribution in [0.3, 0.4) is 0 Å². The summed E-state index contributed by atoms with van der Waals surface area (Å²) in [4.78, 5) is 12.2. The van der Waals surface area contributed by atoms with Crippen molar-refractivity contribution in [1.29, 1.82) is 0 Å². The average molecular weight is 355 g/mol. The number of H-pyrrole nitrogens is 1. The molecule has 4 aromatic rings. The van der Waals surface area contributed by atoms with Crippen molar-refractivity contribution in [2.45, 2.75) is 0 Å². The van der Waals surface area contributed by atoms with Gasteiger partial charge in [0.25, 0.3) is 5.91 Å². The minimum absolute atomic E-state index is 0.243. The second-order valence-corrected chi connectivity index (χ2v) is 6.20. The Labute approximate surface area is 145 Å². The predicted octanol–water partition coefficient (Wildman–Crippen LogP) is 4.82. The molecule has 2 N–H and O–H groups in total. The Kier molecular flexibility index (Phi) is 3.77. The highest BCUT2D eigenvalue weighted by Crippen LogP contribution is 2.28. The molecule has 4 rings (SSSR count). The van der Waals surface area contributed by atoms with Crippen molar-refractivity contribution in [3.63, 3.8) is 0 Å². The molecule has 0 aliphatic carbocycles. The molecule has 0 spiro atoms. The molecule has 0 unspecified atom stereocenters. The number of amides is 1. The van der Waals surface area contributed by atoms with E-state index < -0.39 is 17.5 Å². The first-order valence-electron chi connectivity index (χ1n) is 7.39. The summed E-state index contributed by atoms with van der Waals surface area (Å²) in [5.41, 5.74) is 2.63. The van der Waals surface area contributed by atoms with Gasteiger partial charge in [0.15, 0.2) is 5.82 Å². The lowest BCUT2D eigenvalue weighted by Gasteiger charge is -2.04. The Morgan fingerprint density at radius 2 is 1.96 bits per heavy atom. The fraction of sp³-hybridized carbons (Fsp3) is 0. The van der Waals surface area contributed by atoms with Crippen LogP contribution in [0.5, 0.6) is 0 Å². The standard InChI is InChI=1S/C18H11F2N3OS/c19-12-2-4-13(15(20)8-12)18(24)21-17-14-3-1-10(7-16(14)22-23-17)11-5-6-25-9-11/h1-9H,(H2,21,22,23,24). The van der Waals surface area contributed by atoms with Crippen molar-refractivity contribution in [1.82, 2.24) is 10.2 Å². The zero-order chi connectivity index (χ0) is 17.4. The van der Waals surface area contributed by atoms with Crippen LogP contribution in [-0.2, 0) is 0 Å². The molecule has 0 aliphatic heterocycles. The second kappa shape index (κ2) is 6.10. The van der Waals surface area contributed by atoms with Crippen LogP contribution in [0.25, 0.3) is 22.0 Å². The Hall–Kier alpha value is -3.06. The SMILES string of the molecule is O=C(Nc1n[nH]c2cc(-c3ccsc3)ccc12)c1ccc(F)cc1F. The highest BCUT2D eigenvalue weighted by atomic mass is 32.1. The number of halogens is 2. The van der Waals surface area contributed by atoms with Gasteiger partial charge in [-0.15, -0.1) is 0 Å². The van der Waals surface area contributed by atoms with Crippen LogP contribution in [0.4, 0.5) is 14.6 Å². The van der Waals surface area contributed by atoms with E-state index in [9.17, 15) is 13.6 Å². The number of nitrogens with one attached hydrogen (secondary N) is 2. The van der Waals surface area contributed by atoms with Gasteiger partial charge in [0, 0.05) is 11.5 Å². The van der Waals surface area contributed by atoms with Crippen LogP contribution in [0.15, 0.2) is 53.2 Å². The Balaban J connectivity index is 1.64. The summed E-state index contributed by atoms with van der Waals surface area (Å²) in [6, 6.07) is 10.5. The van der Waals surface area contributed by atoms with E-state index in [1.54, 1.807) is 11.3 Å². The van der Waals surface area contributed by atoms with Gasteiger partial charge in [-0.3, -0.25) is 9.89 Å². The summed E-state index contributed by atoms with van der Waals surface area (Å²) in [5, 5.41) is 14.2. The summed E-state index contributed by atoms with van der Waals surface area (Å²) in [6.45, 7) is 0. The predicted molar refractivity (Wildman–Crippen MR) is 93.7 cm³/mol. The summed E-state index contributed by atoms with van der Waals surface area (Å²) in [6.07, 6.45) is 0. The van der Waals surface area contributed by atoms with E-state index in [2.05, 4.69) is 15.5 Å². The Morgan fingerprint density at radius 3 is 2.72 bits per heavy atom. The first-order valence-corrected chi connectivity index (χ1v) is 8.33. The van der Waals surface area contributed by atoms with E-state index in [1.807, 2.05) is 35.0 Å². The lowest BCUT2D eigenvalue weighted by atomic mass is 10.1. The zero-order valence-corrected chi connectivity index (χ0v) is 13.5. The summed E-state index contributed by atoms with van der Waals surface area (Å²) >= 11 is 1.61. The number of hydrogen-bond acceptors (Lipinski definition) is 3. The van der Waals surface area contributed by atoms with Crippen LogP contribution in [0.1, 0.15) is 10.4 Å². The molecule has 0 atom stereocenters. The topological polar surface area (TPSA) is 57.8 Å². The van der Waals surface area contributed by atoms with Gasteiger partial charge in [0.1, 0.15) is 11.6 Å². The molecular weight excluding hydrogens is 344 g/mol. The maximum absolute atomic E-state index is 13.7. The minimum Gasteiger partial charge on any atom is -0.304 e. The number of hydrogen-bond donors (Lipinski definition) is 2. The summed E-state index contributed by atoms with van der Waals surface area (Å²) in [7, 11) is 0. The van der Waals surface area contributed by atoms with Gasteiger partial charge >= 0.3 is 0 Å². The largest absolute Gasteiger partial charge is 0.304 e. The van der Waals surface area contributed by atoms with Gasteiger partial charge in [-0.1, -0.05) is 6.07 Å². The number of fused-ring (bicyclic) bond motifs is 1. The van der Waals surface area contributed by atoms with Crippen molar-refractivity contribution in [3.8, 4) is 11.1 Å². The van der Waals surface area contributed by atoms with Crippen LogP contribution in [0.2, 0.25) is 0 Å². The molecule has 0 aliphatic rings. The van der Waals surface area contributed by atoms with Gasteiger partial charge in [0.2, 0.25) is 0 Å². The fourth-order valence-electron chi connectivity index (χ4n) is 2.57. The molecule has 0 bridgehead atoms. The third-order valence-corrected chi connectivity index (χ3v) is 4.51. The molecular formula is C18H11F2N3OS. The minimum atomic E-state index is -0.919. The molecule has 2 heterocycles. The lowest BCUT2D eigenvalue weighted by Crippen LogP contribution is -2.14. The van der Waals surface area contributed by atoms with Crippen molar-refractivity contribution in [2.75, 3.05) is 5.32 Å². The van der Waals surface area contributed by atoms with Crippen molar-refractivity contribution < 1.29 is 13.6 Å². The molecule has 0 radical (unpaired) electrons. The summed E-state index contributed by atoms with van der Waals surface area (Å²) < 4.78 is 26.7. The van der Waals surface area contributed by atoms with Crippen LogP contribution < -0.4 is 5.32 Å². The molecule has 7 heteroatoms. The smallest absolute Gasteiger partial charge is 0.259 e. The third kappa shape index (κ3) is 2.89. The van der Waals surface area contributed by atoms with Gasteiger partial charge < -0.3 is 5.32 Å². The van der Waals surface area contributed by atoms with E-state index in [1.165, 1.54) is 0 Å². The van der Waals surface area contributed by atoms with Crippen LogP contribution >= 0.6 is 11.3 Å². The first-order chi connectivity index (χ1) is 12.1. The van der Waals surface area contributed by atoms with Crippen molar-refractivity contribution in [3.05, 3.63) is 70.4 Å². The number of anilines is 1. The number of aromatic amines is 1. The van der Waals surface area contributed by atoms with Crippen molar-refractivity contribution >= 4 is 34.0 Å². The molecule has 4 nitrogen and oxygen atoms in total. The normalized spacial score (nSPS) is 11.0. The van der Waals surface area contributed by atoms with Gasteiger partial charge in [-0.2, -0.15) is 16.4 Å². The van der Waals surface area contributed by atoms with E-state index in [0.29, 0.717) is 17.3 Å². The second-order valence-electron chi connectivity index (χ2n) is 5.42. The first kappa shape index (κ1) is 15.5. The summed E-state index contributed by atoms with van der Waals surface area (Å²) in [5.74, 6) is -2.05. The van der Waals surface area contributed by atoms with Gasteiger partial charge in [-0.05, 0) is 52.2 Å². The maximum Gasteiger partial charge on any atom is 0.259 e. The molecule has 1 amide bonds. The van der Waals surface area contributed by atoms with E-state index in [4.69, 9.17) is 0 Å². The Morgan fingerprint density at radius 1 is 1.08 bits per heavy atom. The fourth-order valence-corrected chi connectivity index (χ4v) is 3.24. The average Bonchev–Trinajstić information content (AvgIpc) is 3.24. The van der Waals surface area contributed by atoms with E-state index in [-0.39, 0.29) is 5.56 Å². The molecule has 0 saturated carbocycles. The third-order valence-electron chi connectivity index (χ3n) is 3.83. The number of rotatable bonds is 3. The highest BCUT2D eigenvalue weighted by Gasteiger charge is 2.15. The van der Waals surface area contributed by atoms with Gasteiger partial charge in [0.05, 0.1) is 11.1 Å². The van der Waals surface area contributed by atoms with Crippen molar-refractivity contribution in [2.24, 2.45) is 0 Å². The number of carbonyl (C=O) groups excluding carboxylic acids is 1. The monoisotopic (exact) mass is 355 g/mol. The zero-order valence-electron chi connectivity index (χ0n) is 12.7. The number of carbonyl (C=O) groups is 1. The molecule has 25 heavy (non-hydrogen) atoms. The highest BCUT2D eigenvalue weighted by molar-refractivity contribution is 7.08. The number of thiophene rings is 1. The van der Waals surface area contributed by atoms with Crippen LogP contribution in [-0.4, -0.2) is 16.1 Å². The van der Waals surface area contributed by atoms with Crippen LogP contribution in [0, 0.1) is 11.6 Å². The van der Waals surface area contributed by atoms with Gasteiger partial charge in [-0.25, -0.2) is 8.78 Å². The Bertz CT molecular complexity index is 1070. The number of nitrogens with zero attached hydrogens (tertiary/aromatic N) is 1. The number of aromatic nitrogens is 2. The lowest BCUT2D eigenvalue weighted by molar-refractivity contribution is 0.102. The molecule has 124 valence electrons. The molecule has 0 saturated heterocycles. The quantitative estimate of drug-likeness (QED) is 0.553. The molecule has 2 aromatic carbocycles. The molecule has 0 fully saturated rings. The van der Waals surface area contributed by atoms with E-state index in [0.717, 1.165) is 28.8 Å². The molecule has 2 aromatic heterocycles. The number of benzene rings is 2. The maximum atomic E-state index is 13.7. The van der Waals surface area contributed by atoms with E-state index >= 15 is 0 Å².